The van der Waals surface area contributed by atoms with Crippen LogP contribution >= 0.6 is 27.3 Å². The lowest BCUT2D eigenvalue weighted by molar-refractivity contribution is 0.596. The van der Waals surface area contributed by atoms with E-state index in [9.17, 15) is 8.42 Å². The highest BCUT2D eigenvalue weighted by Gasteiger charge is 2.25. The fourth-order valence-corrected chi connectivity index (χ4v) is 5.22. The van der Waals surface area contributed by atoms with Gasteiger partial charge in [0, 0.05) is 7.05 Å². The number of hydrogen-bond donors (Lipinski definition) is 1. The summed E-state index contributed by atoms with van der Waals surface area (Å²) in [4.78, 5) is 0. The van der Waals surface area contributed by atoms with Gasteiger partial charge in [-0.1, -0.05) is 12.1 Å². The molecule has 0 unspecified atom stereocenters. The molecule has 0 saturated carbocycles. The van der Waals surface area contributed by atoms with Crippen molar-refractivity contribution in [2.45, 2.75) is 11.1 Å². The largest absolute Gasteiger partial charge is 0.397 e. The summed E-state index contributed by atoms with van der Waals surface area (Å²) in [5.41, 5.74) is 7.63. The second-order valence-electron chi connectivity index (χ2n) is 4.05. The summed E-state index contributed by atoms with van der Waals surface area (Å²) < 4.78 is 27.3. The van der Waals surface area contributed by atoms with Crippen molar-refractivity contribution in [2.24, 2.45) is 0 Å². The number of nitrogens with two attached hydrogens (primary N) is 1. The Morgan fingerprint density at radius 2 is 1.95 bits per heavy atom. The highest BCUT2D eigenvalue weighted by Crippen LogP contribution is 2.34. The average Bonchev–Trinajstić information content (AvgIpc) is 2.70. The van der Waals surface area contributed by atoms with Gasteiger partial charge in [0.1, 0.15) is 4.21 Å². The van der Waals surface area contributed by atoms with E-state index >= 15 is 0 Å². The van der Waals surface area contributed by atoms with Crippen LogP contribution in [0.5, 0.6) is 0 Å². The zero-order valence-corrected chi connectivity index (χ0v) is 13.6. The van der Waals surface area contributed by atoms with E-state index in [-0.39, 0.29) is 0 Å². The highest BCUT2D eigenvalue weighted by molar-refractivity contribution is 9.11. The summed E-state index contributed by atoms with van der Waals surface area (Å²) in [6.45, 7) is 1.86. The normalized spacial score (nSPS) is 11.5. The molecule has 1 aromatic carbocycles. The number of benzene rings is 1. The Balaban J connectivity index is 2.48. The van der Waals surface area contributed by atoms with E-state index in [0.717, 1.165) is 9.35 Å². The van der Waals surface area contributed by atoms with Crippen LogP contribution in [0.4, 0.5) is 11.4 Å². The standard InChI is InChI=1S/C12H13BrN2O2S2/c1-8-7-11(18-12(8)13)19(16,17)15(2)10-6-4-3-5-9(10)14/h3-7H,14H2,1-2H3. The topological polar surface area (TPSA) is 63.4 Å². The average molecular weight is 361 g/mol. The molecule has 0 aliphatic heterocycles. The zero-order valence-electron chi connectivity index (χ0n) is 10.4. The number of aryl methyl sites for hydroxylation is 1. The van der Waals surface area contributed by atoms with E-state index < -0.39 is 10.0 Å². The van der Waals surface area contributed by atoms with Crippen LogP contribution in [-0.2, 0) is 10.0 Å². The van der Waals surface area contributed by atoms with Gasteiger partial charge in [-0.2, -0.15) is 0 Å². The van der Waals surface area contributed by atoms with Gasteiger partial charge >= 0.3 is 0 Å². The van der Waals surface area contributed by atoms with Crippen molar-refractivity contribution >= 4 is 48.7 Å². The summed E-state index contributed by atoms with van der Waals surface area (Å²) in [6, 6.07) is 8.54. The van der Waals surface area contributed by atoms with Gasteiger partial charge in [0.2, 0.25) is 0 Å². The molecule has 0 spiro atoms. The second-order valence-corrected chi connectivity index (χ2v) is 8.62. The van der Waals surface area contributed by atoms with Crippen LogP contribution in [-0.4, -0.2) is 15.5 Å². The van der Waals surface area contributed by atoms with Crippen molar-refractivity contribution < 1.29 is 8.42 Å². The van der Waals surface area contributed by atoms with Crippen LogP contribution in [0.1, 0.15) is 5.56 Å². The molecular formula is C12H13BrN2O2S2. The first kappa shape index (κ1) is 14.4. The molecule has 0 fully saturated rings. The predicted octanol–water partition coefficient (Wildman–Crippen LogP) is 3.23. The molecule has 0 aliphatic carbocycles. The van der Waals surface area contributed by atoms with Gasteiger partial charge in [-0.3, -0.25) is 4.31 Å². The minimum Gasteiger partial charge on any atom is -0.397 e. The molecule has 2 N–H and O–H groups in total. The van der Waals surface area contributed by atoms with Gasteiger partial charge in [0.25, 0.3) is 10.0 Å². The van der Waals surface area contributed by atoms with E-state index in [2.05, 4.69) is 15.9 Å². The van der Waals surface area contributed by atoms with Gasteiger partial charge in [0.15, 0.2) is 0 Å². The molecule has 0 saturated heterocycles. The van der Waals surface area contributed by atoms with Crippen molar-refractivity contribution in [3.8, 4) is 0 Å². The first-order valence-electron chi connectivity index (χ1n) is 5.43. The quantitative estimate of drug-likeness (QED) is 0.854. The Hall–Kier alpha value is -1.05. The van der Waals surface area contributed by atoms with Crippen molar-refractivity contribution in [3.05, 3.63) is 39.7 Å². The Bertz CT molecular complexity index is 691. The maximum atomic E-state index is 12.5. The molecule has 0 amide bonds. The first-order valence-corrected chi connectivity index (χ1v) is 8.48. The molecule has 0 atom stereocenters. The summed E-state index contributed by atoms with van der Waals surface area (Å²) in [6.07, 6.45) is 0. The van der Waals surface area contributed by atoms with Gasteiger partial charge in [-0.25, -0.2) is 8.42 Å². The molecule has 19 heavy (non-hydrogen) atoms. The molecule has 0 radical (unpaired) electrons. The Morgan fingerprint density at radius 1 is 1.32 bits per heavy atom. The van der Waals surface area contributed by atoms with Crippen molar-refractivity contribution in [2.75, 3.05) is 17.1 Å². The SMILES string of the molecule is Cc1cc(S(=O)(=O)N(C)c2ccccc2N)sc1Br. The van der Waals surface area contributed by atoms with Crippen LogP contribution in [0, 0.1) is 6.92 Å². The number of sulfonamides is 1. The maximum absolute atomic E-state index is 12.5. The van der Waals surface area contributed by atoms with E-state index in [4.69, 9.17) is 5.73 Å². The lowest BCUT2D eigenvalue weighted by atomic mass is 10.3. The van der Waals surface area contributed by atoms with E-state index in [1.165, 1.54) is 22.7 Å². The molecule has 102 valence electrons. The Kier molecular flexibility index (Phi) is 3.89. The number of thiophene rings is 1. The second kappa shape index (κ2) is 5.15. The van der Waals surface area contributed by atoms with Gasteiger partial charge in [0.05, 0.1) is 15.2 Å². The number of rotatable bonds is 3. The smallest absolute Gasteiger partial charge is 0.273 e. The molecule has 1 heterocycles. The van der Waals surface area contributed by atoms with Crippen LogP contribution in [0.25, 0.3) is 0 Å². The van der Waals surface area contributed by atoms with Crippen molar-refractivity contribution in [1.29, 1.82) is 0 Å². The number of anilines is 2. The first-order chi connectivity index (χ1) is 8.84. The molecule has 0 aliphatic rings. The highest BCUT2D eigenvalue weighted by atomic mass is 79.9. The van der Waals surface area contributed by atoms with Crippen LogP contribution < -0.4 is 10.0 Å². The van der Waals surface area contributed by atoms with Crippen molar-refractivity contribution in [1.82, 2.24) is 0 Å². The molecular weight excluding hydrogens is 348 g/mol. The summed E-state index contributed by atoms with van der Waals surface area (Å²) in [5.74, 6) is 0. The predicted molar refractivity (Wildman–Crippen MR) is 83.2 cm³/mol. The molecule has 7 heteroatoms. The third-order valence-electron chi connectivity index (χ3n) is 2.73. The lowest BCUT2D eigenvalue weighted by Crippen LogP contribution is -2.26. The van der Waals surface area contributed by atoms with Gasteiger partial charge in [-0.05, 0) is 46.6 Å². The van der Waals surface area contributed by atoms with E-state index in [0.29, 0.717) is 15.6 Å². The number of nitrogen functional groups attached to an aromatic ring is 1. The fourth-order valence-electron chi connectivity index (χ4n) is 1.60. The van der Waals surface area contributed by atoms with Crippen LogP contribution in [0.3, 0.4) is 0 Å². The Morgan fingerprint density at radius 3 is 2.47 bits per heavy atom. The summed E-state index contributed by atoms with van der Waals surface area (Å²) in [7, 11) is -2.07. The maximum Gasteiger partial charge on any atom is 0.273 e. The third kappa shape index (κ3) is 2.63. The number of hydrogen-bond acceptors (Lipinski definition) is 4. The minimum atomic E-state index is -3.57. The molecule has 1 aromatic heterocycles. The third-order valence-corrected chi connectivity index (χ3v) is 7.08. The zero-order chi connectivity index (χ0) is 14.2. The van der Waals surface area contributed by atoms with Crippen molar-refractivity contribution in [3.63, 3.8) is 0 Å². The summed E-state index contributed by atoms with van der Waals surface area (Å²) >= 11 is 4.54. The van der Waals surface area contributed by atoms with E-state index in [1.54, 1.807) is 30.3 Å². The van der Waals surface area contributed by atoms with Crippen LogP contribution in [0.15, 0.2) is 38.3 Å². The molecule has 2 rings (SSSR count). The van der Waals surface area contributed by atoms with Gasteiger partial charge in [-0.15, -0.1) is 11.3 Å². The van der Waals surface area contributed by atoms with Gasteiger partial charge < -0.3 is 5.73 Å². The lowest BCUT2D eigenvalue weighted by Gasteiger charge is -2.19. The number of para-hydroxylation sites is 2. The van der Waals surface area contributed by atoms with Crippen LogP contribution in [0.2, 0.25) is 0 Å². The Labute approximate surface area is 125 Å². The number of halogens is 1. The molecule has 4 nitrogen and oxygen atoms in total. The monoisotopic (exact) mass is 360 g/mol. The number of nitrogens with zero attached hydrogens (tertiary/aromatic N) is 1. The molecule has 0 bridgehead atoms. The van der Waals surface area contributed by atoms with E-state index in [1.807, 2.05) is 6.92 Å². The fraction of sp³-hybridized carbons (Fsp3) is 0.167. The molecule has 2 aromatic rings. The summed E-state index contributed by atoms with van der Waals surface area (Å²) in [5, 5.41) is 0. The minimum absolute atomic E-state index is 0.294.